The van der Waals surface area contributed by atoms with Gasteiger partial charge in [0.1, 0.15) is 5.40 Å². The van der Waals surface area contributed by atoms with Crippen LogP contribution in [0.5, 0.6) is 0 Å². The lowest BCUT2D eigenvalue weighted by atomic mass is 10.2. The molecule has 0 aliphatic carbocycles. The van der Waals surface area contributed by atoms with Gasteiger partial charge in [0.15, 0.2) is 0 Å². The molecule has 9 nitrogen and oxygen atoms in total. The molecule has 0 rings (SSSR count). The summed E-state index contributed by atoms with van der Waals surface area (Å²) in [6, 6.07) is 0. The first-order valence-electron chi connectivity index (χ1n) is 8.58. The maximum Gasteiger partial charge on any atom is 0.342 e. The lowest BCUT2D eigenvalue weighted by Gasteiger charge is -2.28. The molecule has 0 aliphatic rings. The van der Waals surface area contributed by atoms with Gasteiger partial charge in [0.25, 0.3) is 0 Å². The van der Waals surface area contributed by atoms with Gasteiger partial charge < -0.3 is 24.2 Å². The number of amides is 2. The molecule has 158 valence electrons. The second-order valence-electron chi connectivity index (χ2n) is 6.11. The second-order valence-corrected chi connectivity index (χ2v) is 11.8. The van der Waals surface area contributed by atoms with Crippen LogP contribution in [0, 0.1) is 0 Å². The zero-order valence-electron chi connectivity index (χ0n) is 16.8. The predicted octanol–water partition coefficient (Wildman–Crippen LogP) is 2.72. The molecular weight excluding hydrogens is 394 g/mol. The first-order chi connectivity index (χ1) is 12.5. The van der Waals surface area contributed by atoms with Gasteiger partial charge in [-0.25, -0.2) is 0 Å². The van der Waals surface area contributed by atoms with Crippen molar-refractivity contribution in [1.29, 1.82) is 0 Å². The molecule has 0 radical (unpaired) electrons. The molecule has 11 heteroatoms. The number of carbonyl (C=O) groups is 2. The van der Waals surface area contributed by atoms with E-state index in [2.05, 4.69) is 17.2 Å². The Balaban J connectivity index is 4.36. The first kappa shape index (κ1) is 26.0. The van der Waals surface area contributed by atoms with E-state index in [0.717, 1.165) is 0 Å². The largest absolute Gasteiger partial charge is 0.356 e. The van der Waals surface area contributed by atoms with Crippen LogP contribution in [-0.4, -0.2) is 58.3 Å². The summed E-state index contributed by atoms with van der Waals surface area (Å²) in [5, 5.41) is 4.48. The normalized spacial score (nSPS) is 14.9. The van der Waals surface area contributed by atoms with Crippen LogP contribution in [0.4, 0.5) is 0 Å². The fourth-order valence-electron chi connectivity index (χ4n) is 2.29. The van der Waals surface area contributed by atoms with Crippen LogP contribution in [0.1, 0.15) is 32.6 Å². The average Bonchev–Trinajstić information content (AvgIpc) is 2.63. The standard InChI is InChI=1S/C16H32N2O7P2/c1-13(2)16(20)18-12-7-9-14(19)17-11-8-10-15(26(6,21)23-3)27(22,24-4)25-5/h15H,1,7-12H2,2-6H3,(H,17,19)(H,18,20). The Bertz CT molecular complexity index is 602. The van der Waals surface area contributed by atoms with Crippen LogP contribution in [0.2, 0.25) is 0 Å². The molecule has 0 saturated heterocycles. The van der Waals surface area contributed by atoms with Gasteiger partial charge in [0, 0.05) is 53.1 Å². The summed E-state index contributed by atoms with van der Waals surface area (Å²) in [6.07, 6.45) is 1.44. The highest BCUT2D eigenvalue weighted by Gasteiger charge is 2.44. The topological polar surface area (TPSA) is 120 Å². The van der Waals surface area contributed by atoms with Crippen LogP contribution in [0.15, 0.2) is 12.2 Å². The van der Waals surface area contributed by atoms with E-state index >= 15 is 0 Å². The van der Waals surface area contributed by atoms with Gasteiger partial charge in [-0.1, -0.05) is 6.58 Å². The minimum absolute atomic E-state index is 0.163. The molecule has 0 saturated carbocycles. The summed E-state index contributed by atoms with van der Waals surface area (Å²) in [5.41, 5.74) is 0.419. The molecule has 0 aromatic heterocycles. The average molecular weight is 426 g/mol. The Morgan fingerprint density at radius 1 is 1.00 bits per heavy atom. The molecule has 0 heterocycles. The van der Waals surface area contributed by atoms with E-state index < -0.39 is 20.4 Å². The lowest BCUT2D eigenvalue weighted by molar-refractivity contribution is -0.121. The smallest absolute Gasteiger partial charge is 0.342 e. The highest BCUT2D eigenvalue weighted by atomic mass is 31.2. The van der Waals surface area contributed by atoms with E-state index in [4.69, 9.17) is 13.6 Å². The first-order valence-corrected chi connectivity index (χ1v) is 12.3. The van der Waals surface area contributed by atoms with E-state index in [0.29, 0.717) is 31.5 Å². The maximum absolute atomic E-state index is 12.6. The van der Waals surface area contributed by atoms with Crippen LogP contribution >= 0.6 is 15.0 Å². The molecule has 2 atom stereocenters. The van der Waals surface area contributed by atoms with Crippen molar-refractivity contribution >= 4 is 26.8 Å². The second kappa shape index (κ2) is 12.5. The fourth-order valence-corrected chi connectivity index (χ4v) is 7.22. The Kier molecular flexibility index (Phi) is 12.0. The molecule has 0 aromatic rings. The van der Waals surface area contributed by atoms with E-state index in [9.17, 15) is 18.7 Å². The number of rotatable bonds is 14. The molecule has 2 amide bonds. The van der Waals surface area contributed by atoms with Crippen molar-refractivity contribution in [2.24, 2.45) is 0 Å². The van der Waals surface area contributed by atoms with Crippen molar-refractivity contribution < 1.29 is 32.3 Å². The Morgan fingerprint density at radius 2 is 1.56 bits per heavy atom. The molecule has 0 fully saturated rings. The molecule has 0 aliphatic heterocycles. The summed E-state index contributed by atoms with van der Waals surface area (Å²) < 4.78 is 40.2. The Labute approximate surface area is 161 Å². The summed E-state index contributed by atoms with van der Waals surface area (Å²) in [4.78, 5) is 23.1. The molecule has 2 unspecified atom stereocenters. The third-order valence-corrected chi connectivity index (χ3v) is 10.2. The van der Waals surface area contributed by atoms with Crippen LogP contribution < -0.4 is 10.6 Å². The predicted molar refractivity (Wildman–Crippen MR) is 105 cm³/mol. The molecule has 0 bridgehead atoms. The fraction of sp³-hybridized carbons (Fsp3) is 0.750. The number of carbonyl (C=O) groups excluding carboxylic acids is 2. The summed E-state index contributed by atoms with van der Waals surface area (Å²) in [6.45, 7) is 7.24. The van der Waals surface area contributed by atoms with Gasteiger partial charge in [-0.3, -0.25) is 18.7 Å². The van der Waals surface area contributed by atoms with Crippen molar-refractivity contribution in [3.8, 4) is 0 Å². The summed E-state index contributed by atoms with van der Waals surface area (Å²) >= 11 is 0. The number of hydrogen-bond acceptors (Lipinski definition) is 7. The molecule has 0 spiro atoms. The SMILES string of the molecule is C=C(C)C(=O)NCCCC(=O)NCCCC(P(C)(=O)OC)P(=O)(OC)OC. The maximum atomic E-state index is 12.6. The van der Waals surface area contributed by atoms with Gasteiger partial charge in [0.2, 0.25) is 19.2 Å². The van der Waals surface area contributed by atoms with Crippen LogP contribution in [-0.2, 0) is 32.3 Å². The zero-order valence-corrected chi connectivity index (χ0v) is 18.6. The van der Waals surface area contributed by atoms with Crippen molar-refractivity contribution in [2.45, 2.75) is 38.0 Å². The van der Waals surface area contributed by atoms with E-state index in [1.54, 1.807) is 6.92 Å². The van der Waals surface area contributed by atoms with Gasteiger partial charge in [0.05, 0.1) is 0 Å². The van der Waals surface area contributed by atoms with Crippen LogP contribution in [0.25, 0.3) is 0 Å². The van der Waals surface area contributed by atoms with E-state index in [-0.39, 0.29) is 24.7 Å². The van der Waals surface area contributed by atoms with E-state index in [1.807, 2.05) is 0 Å². The van der Waals surface area contributed by atoms with E-state index in [1.165, 1.54) is 28.0 Å². The van der Waals surface area contributed by atoms with Crippen molar-refractivity contribution in [3.05, 3.63) is 12.2 Å². The quantitative estimate of drug-likeness (QED) is 0.249. The van der Waals surface area contributed by atoms with Crippen molar-refractivity contribution in [3.63, 3.8) is 0 Å². The Hall–Kier alpha value is -0.980. The highest BCUT2D eigenvalue weighted by Crippen LogP contribution is 2.68. The molecule has 27 heavy (non-hydrogen) atoms. The minimum atomic E-state index is -3.58. The number of nitrogens with one attached hydrogen (secondary N) is 2. The van der Waals surface area contributed by atoms with Crippen molar-refractivity contribution in [1.82, 2.24) is 10.6 Å². The van der Waals surface area contributed by atoms with Crippen molar-refractivity contribution in [2.75, 3.05) is 41.1 Å². The summed E-state index contributed by atoms with van der Waals surface area (Å²) in [7, 11) is -3.03. The Morgan fingerprint density at radius 3 is 2.04 bits per heavy atom. The third kappa shape index (κ3) is 9.17. The minimum Gasteiger partial charge on any atom is -0.356 e. The van der Waals surface area contributed by atoms with Gasteiger partial charge >= 0.3 is 7.60 Å². The summed E-state index contributed by atoms with van der Waals surface area (Å²) in [5.74, 6) is -0.395. The van der Waals surface area contributed by atoms with Gasteiger partial charge in [-0.2, -0.15) is 0 Å². The van der Waals surface area contributed by atoms with Gasteiger partial charge in [-0.05, 0) is 26.2 Å². The molecule has 0 aromatic carbocycles. The zero-order chi connectivity index (χ0) is 21.1. The molecular formula is C16H32N2O7P2. The lowest BCUT2D eigenvalue weighted by Crippen LogP contribution is -2.28. The number of hydrogen-bond donors (Lipinski definition) is 2. The molecule has 2 N–H and O–H groups in total. The van der Waals surface area contributed by atoms with Gasteiger partial charge in [-0.15, -0.1) is 0 Å². The van der Waals surface area contributed by atoms with Crippen LogP contribution in [0.3, 0.4) is 0 Å². The monoisotopic (exact) mass is 426 g/mol. The highest BCUT2D eigenvalue weighted by molar-refractivity contribution is 7.74. The third-order valence-electron chi connectivity index (χ3n) is 3.99.